The average Bonchev–Trinajstić information content (AvgIpc) is 3.02. The predicted octanol–water partition coefficient (Wildman–Crippen LogP) is 2.76. The zero-order valence-corrected chi connectivity index (χ0v) is 12.7. The number of hydrogen-bond acceptors (Lipinski definition) is 4. The number of rotatable bonds is 7. The van der Waals surface area contributed by atoms with Gasteiger partial charge in [0.15, 0.2) is 6.10 Å². The first kappa shape index (κ1) is 15.5. The van der Waals surface area contributed by atoms with Gasteiger partial charge in [-0.1, -0.05) is 18.2 Å². The minimum atomic E-state index is -0.564. The number of hydrogen-bond donors (Lipinski definition) is 2. The summed E-state index contributed by atoms with van der Waals surface area (Å²) in [6.45, 7) is 2.12. The molecule has 2 unspecified atom stereocenters. The predicted molar refractivity (Wildman–Crippen MR) is 83.4 cm³/mol. The van der Waals surface area contributed by atoms with Crippen molar-refractivity contribution < 1.29 is 14.6 Å². The van der Waals surface area contributed by atoms with Crippen LogP contribution < -0.4 is 10.1 Å². The van der Waals surface area contributed by atoms with Gasteiger partial charge in [0, 0.05) is 6.54 Å². The molecule has 2 rings (SSSR count). The summed E-state index contributed by atoms with van der Waals surface area (Å²) in [6, 6.07) is 11.1. The lowest BCUT2D eigenvalue weighted by Crippen LogP contribution is -2.37. The van der Waals surface area contributed by atoms with Crippen LogP contribution in [0.4, 0.5) is 0 Å². The largest absolute Gasteiger partial charge is 0.481 e. The number of benzene rings is 1. The topological polar surface area (TPSA) is 58.6 Å². The highest BCUT2D eigenvalue weighted by atomic mass is 32.1. The van der Waals surface area contributed by atoms with Crippen molar-refractivity contribution >= 4 is 17.2 Å². The number of nitrogens with one attached hydrogen (secondary N) is 1. The number of para-hydroxylation sites is 1. The smallest absolute Gasteiger partial charge is 0.260 e. The number of aliphatic hydroxyl groups excluding tert-OH is 1. The summed E-state index contributed by atoms with van der Waals surface area (Å²) in [7, 11) is 0. The summed E-state index contributed by atoms with van der Waals surface area (Å²) in [5.74, 6) is 0.481. The highest BCUT2D eigenvalue weighted by molar-refractivity contribution is 7.07. The van der Waals surface area contributed by atoms with Gasteiger partial charge >= 0.3 is 0 Å². The van der Waals surface area contributed by atoms with E-state index in [4.69, 9.17) is 4.74 Å². The Labute approximate surface area is 128 Å². The monoisotopic (exact) mass is 305 g/mol. The SMILES string of the molecule is CC(Oc1ccccc1)C(=O)NCCC(O)c1ccsc1. The van der Waals surface area contributed by atoms with Gasteiger partial charge in [0.05, 0.1) is 6.10 Å². The number of ether oxygens (including phenoxy) is 1. The minimum absolute atomic E-state index is 0.184. The standard InChI is InChI=1S/C16H19NO3S/c1-12(20-14-5-3-2-4-6-14)16(19)17-9-7-15(18)13-8-10-21-11-13/h2-6,8,10-12,15,18H,7,9H2,1H3,(H,17,19). The van der Waals surface area contributed by atoms with Crippen molar-refractivity contribution in [1.29, 1.82) is 0 Å². The lowest BCUT2D eigenvalue weighted by Gasteiger charge is -2.15. The molecule has 1 amide bonds. The third-order valence-corrected chi connectivity index (χ3v) is 3.77. The van der Waals surface area contributed by atoms with Crippen molar-refractivity contribution in [3.05, 3.63) is 52.7 Å². The maximum atomic E-state index is 11.9. The molecule has 112 valence electrons. The molecular formula is C16H19NO3S. The number of thiophene rings is 1. The maximum Gasteiger partial charge on any atom is 0.260 e. The molecule has 1 heterocycles. The highest BCUT2D eigenvalue weighted by Gasteiger charge is 2.15. The second-order valence-corrected chi connectivity index (χ2v) is 5.51. The van der Waals surface area contributed by atoms with Gasteiger partial charge in [-0.25, -0.2) is 0 Å². The lowest BCUT2D eigenvalue weighted by atomic mass is 10.1. The molecule has 21 heavy (non-hydrogen) atoms. The summed E-state index contributed by atoms with van der Waals surface area (Å²) < 4.78 is 5.53. The van der Waals surface area contributed by atoms with Gasteiger partial charge in [0.1, 0.15) is 5.75 Å². The van der Waals surface area contributed by atoms with E-state index in [1.165, 1.54) is 0 Å². The summed E-state index contributed by atoms with van der Waals surface area (Å²) in [5, 5.41) is 16.5. The van der Waals surface area contributed by atoms with Crippen molar-refractivity contribution in [2.75, 3.05) is 6.54 Å². The molecule has 5 heteroatoms. The van der Waals surface area contributed by atoms with Gasteiger partial charge in [-0.3, -0.25) is 4.79 Å². The summed E-state index contributed by atoms with van der Waals surface area (Å²) in [6.07, 6.45) is -0.617. The quantitative estimate of drug-likeness (QED) is 0.827. The van der Waals surface area contributed by atoms with E-state index in [-0.39, 0.29) is 5.91 Å². The van der Waals surface area contributed by atoms with E-state index >= 15 is 0 Å². The molecule has 0 saturated carbocycles. The molecule has 4 nitrogen and oxygen atoms in total. The number of aliphatic hydroxyl groups is 1. The Bertz CT molecular complexity index is 542. The van der Waals surface area contributed by atoms with Gasteiger partial charge in [-0.2, -0.15) is 11.3 Å². The van der Waals surface area contributed by atoms with E-state index in [2.05, 4.69) is 5.32 Å². The molecule has 2 atom stereocenters. The third-order valence-electron chi connectivity index (χ3n) is 3.07. The fourth-order valence-electron chi connectivity index (χ4n) is 1.86. The van der Waals surface area contributed by atoms with E-state index in [9.17, 15) is 9.90 Å². The Hall–Kier alpha value is -1.85. The molecule has 2 N–H and O–H groups in total. The molecule has 0 spiro atoms. The number of carbonyl (C=O) groups is 1. The molecule has 1 aromatic carbocycles. The molecular weight excluding hydrogens is 286 g/mol. The van der Waals surface area contributed by atoms with Crippen LogP contribution in [0.2, 0.25) is 0 Å². The number of carbonyl (C=O) groups excluding carboxylic acids is 1. The van der Waals surface area contributed by atoms with E-state index in [1.807, 2.05) is 47.2 Å². The molecule has 0 fully saturated rings. The van der Waals surface area contributed by atoms with Crippen LogP contribution in [0.3, 0.4) is 0 Å². The van der Waals surface area contributed by atoms with Crippen LogP contribution in [-0.4, -0.2) is 23.7 Å². The van der Waals surface area contributed by atoms with E-state index < -0.39 is 12.2 Å². The summed E-state index contributed by atoms with van der Waals surface area (Å²) >= 11 is 1.55. The third kappa shape index (κ3) is 4.88. The van der Waals surface area contributed by atoms with Crippen LogP contribution in [-0.2, 0) is 4.79 Å². The van der Waals surface area contributed by atoms with E-state index in [1.54, 1.807) is 18.3 Å². The van der Waals surface area contributed by atoms with Crippen molar-refractivity contribution in [2.45, 2.75) is 25.6 Å². The van der Waals surface area contributed by atoms with Crippen LogP contribution in [0.25, 0.3) is 0 Å². The van der Waals surface area contributed by atoms with Crippen molar-refractivity contribution in [3.63, 3.8) is 0 Å². The average molecular weight is 305 g/mol. The van der Waals surface area contributed by atoms with Gasteiger partial charge in [0.2, 0.25) is 0 Å². The molecule has 0 aliphatic carbocycles. The van der Waals surface area contributed by atoms with Crippen LogP contribution in [0.1, 0.15) is 25.0 Å². The van der Waals surface area contributed by atoms with E-state index in [0.717, 1.165) is 5.56 Å². The summed E-state index contributed by atoms with van der Waals surface area (Å²) in [4.78, 5) is 11.9. The van der Waals surface area contributed by atoms with Crippen molar-refractivity contribution in [1.82, 2.24) is 5.32 Å². The first-order valence-corrected chi connectivity index (χ1v) is 7.80. The van der Waals surface area contributed by atoms with Crippen LogP contribution in [0, 0.1) is 0 Å². The first-order chi connectivity index (χ1) is 10.2. The fraction of sp³-hybridized carbons (Fsp3) is 0.312. The normalized spacial score (nSPS) is 13.4. The second kappa shape index (κ2) is 7.81. The lowest BCUT2D eigenvalue weighted by molar-refractivity contribution is -0.127. The highest BCUT2D eigenvalue weighted by Crippen LogP contribution is 2.18. The Morgan fingerprint density at radius 2 is 2.10 bits per heavy atom. The second-order valence-electron chi connectivity index (χ2n) is 4.73. The Kier molecular flexibility index (Phi) is 5.78. The van der Waals surface area contributed by atoms with Crippen LogP contribution >= 0.6 is 11.3 Å². The Morgan fingerprint density at radius 1 is 1.33 bits per heavy atom. The molecule has 0 aliphatic heterocycles. The van der Waals surface area contributed by atoms with Crippen LogP contribution in [0.5, 0.6) is 5.75 Å². The molecule has 0 aliphatic rings. The minimum Gasteiger partial charge on any atom is -0.481 e. The summed E-state index contributed by atoms with van der Waals surface area (Å²) in [5.41, 5.74) is 0.892. The van der Waals surface area contributed by atoms with Crippen molar-refractivity contribution in [2.24, 2.45) is 0 Å². The zero-order chi connectivity index (χ0) is 15.1. The van der Waals surface area contributed by atoms with E-state index in [0.29, 0.717) is 18.7 Å². The van der Waals surface area contributed by atoms with Crippen molar-refractivity contribution in [3.8, 4) is 5.75 Å². The van der Waals surface area contributed by atoms with Crippen LogP contribution in [0.15, 0.2) is 47.2 Å². The van der Waals surface area contributed by atoms with Gasteiger partial charge < -0.3 is 15.2 Å². The van der Waals surface area contributed by atoms with Gasteiger partial charge in [0.25, 0.3) is 5.91 Å². The molecule has 0 bridgehead atoms. The van der Waals surface area contributed by atoms with Gasteiger partial charge in [-0.05, 0) is 47.9 Å². The first-order valence-electron chi connectivity index (χ1n) is 6.86. The zero-order valence-electron chi connectivity index (χ0n) is 11.9. The van der Waals surface area contributed by atoms with Gasteiger partial charge in [-0.15, -0.1) is 0 Å². The Morgan fingerprint density at radius 3 is 2.76 bits per heavy atom. The molecule has 0 radical (unpaired) electrons. The molecule has 0 saturated heterocycles. The number of amides is 1. The molecule has 2 aromatic rings. The fourth-order valence-corrected chi connectivity index (χ4v) is 2.57. The Balaban J connectivity index is 1.71. The maximum absolute atomic E-state index is 11.9. The molecule has 1 aromatic heterocycles.